The molecule has 1 amide bonds. The van der Waals surface area contributed by atoms with Gasteiger partial charge in [-0.05, 0) is 42.6 Å². The van der Waals surface area contributed by atoms with E-state index in [1.807, 2.05) is 23.7 Å². The SMILES string of the molecule is O=C(NO)C(Cc1ccccc1)C1CCCC2CCCCCCCC2C1. The van der Waals surface area contributed by atoms with E-state index in [0.717, 1.165) is 31.1 Å². The summed E-state index contributed by atoms with van der Waals surface area (Å²) < 4.78 is 0. The van der Waals surface area contributed by atoms with Crippen LogP contribution < -0.4 is 5.48 Å². The second-order valence-electron chi connectivity index (χ2n) is 8.56. The van der Waals surface area contributed by atoms with Crippen LogP contribution in [0.25, 0.3) is 0 Å². The summed E-state index contributed by atoms with van der Waals surface area (Å²) >= 11 is 0. The Bertz CT molecular complexity index is 544. The summed E-state index contributed by atoms with van der Waals surface area (Å²) in [5.74, 6) is 1.70. The van der Waals surface area contributed by atoms with E-state index in [4.69, 9.17) is 0 Å². The van der Waals surface area contributed by atoms with Gasteiger partial charge in [-0.1, -0.05) is 88.1 Å². The van der Waals surface area contributed by atoms with Gasteiger partial charge in [0.05, 0.1) is 0 Å². The Morgan fingerprint density at radius 1 is 0.923 bits per heavy atom. The summed E-state index contributed by atoms with van der Waals surface area (Å²) in [6.07, 6.45) is 15.2. The van der Waals surface area contributed by atoms with Crippen LogP contribution in [0.1, 0.15) is 76.2 Å². The van der Waals surface area contributed by atoms with Crippen molar-refractivity contribution in [3.8, 4) is 0 Å². The number of hydrogen-bond acceptors (Lipinski definition) is 2. The molecule has 4 unspecified atom stereocenters. The third kappa shape index (κ3) is 5.33. The van der Waals surface area contributed by atoms with Crippen LogP contribution in [0.15, 0.2) is 30.3 Å². The Morgan fingerprint density at radius 2 is 1.58 bits per heavy atom. The lowest BCUT2D eigenvalue weighted by molar-refractivity contribution is -0.135. The van der Waals surface area contributed by atoms with Crippen LogP contribution in [-0.4, -0.2) is 11.1 Å². The molecule has 0 radical (unpaired) electrons. The molecule has 2 N–H and O–H groups in total. The summed E-state index contributed by atoms with van der Waals surface area (Å²) in [4.78, 5) is 12.5. The molecule has 0 aliphatic heterocycles. The molecular formula is C23H35NO2. The van der Waals surface area contributed by atoms with Crippen LogP contribution in [0, 0.1) is 23.7 Å². The van der Waals surface area contributed by atoms with E-state index < -0.39 is 0 Å². The molecule has 3 nitrogen and oxygen atoms in total. The first kappa shape index (κ1) is 19.4. The predicted molar refractivity (Wildman–Crippen MR) is 105 cm³/mol. The highest BCUT2D eigenvalue weighted by molar-refractivity contribution is 5.78. The van der Waals surface area contributed by atoms with E-state index in [-0.39, 0.29) is 11.8 Å². The molecule has 144 valence electrons. The fourth-order valence-corrected chi connectivity index (χ4v) is 5.44. The van der Waals surface area contributed by atoms with Crippen molar-refractivity contribution in [1.82, 2.24) is 5.48 Å². The molecule has 0 saturated heterocycles. The molecule has 0 aromatic heterocycles. The first-order chi connectivity index (χ1) is 12.8. The number of benzene rings is 1. The monoisotopic (exact) mass is 357 g/mol. The number of hydroxylamine groups is 1. The Morgan fingerprint density at radius 3 is 2.31 bits per heavy atom. The Balaban J connectivity index is 1.73. The van der Waals surface area contributed by atoms with Crippen LogP contribution in [0.4, 0.5) is 0 Å². The van der Waals surface area contributed by atoms with Gasteiger partial charge >= 0.3 is 0 Å². The van der Waals surface area contributed by atoms with Crippen molar-refractivity contribution in [2.75, 3.05) is 0 Å². The maximum Gasteiger partial charge on any atom is 0.247 e. The number of carbonyl (C=O) groups excluding carboxylic acids is 1. The van der Waals surface area contributed by atoms with Crippen molar-refractivity contribution in [2.45, 2.75) is 77.0 Å². The third-order valence-corrected chi connectivity index (χ3v) is 6.89. The molecule has 26 heavy (non-hydrogen) atoms. The van der Waals surface area contributed by atoms with Gasteiger partial charge in [0.1, 0.15) is 0 Å². The van der Waals surface area contributed by atoms with Gasteiger partial charge in [0.15, 0.2) is 0 Å². The minimum atomic E-state index is -0.194. The van der Waals surface area contributed by atoms with Crippen molar-refractivity contribution >= 4 is 5.91 Å². The molecular weight excluding hydrogens is 322 g/mol. The maximum atomic E-state index is 12.5. The fourth-order valence-electron chi connectivity index (χ4n) is 5.44. The lowest BCUT2D eigenvalue weighted by atomic mass is 9.75. The molecule has 0 spiro atoms. The van der Waals surface area contributed by atoms with E-state index in [2.05, 4.69) is 12.1 Å². The molecule has 0 heterocycles. The number of amides is 1. The lowest BCUT2D eigenvalue weighted by Gasteiger charge is -2.30. The standard InChI is InChI=1S/C23H35NO2/c25-23(24-26)22(16-18-10-5-4-6-11-18)21-15-9-14-19-12-7-2-1-3-8-13-20(19)17-21/h4-6,10-11,19-22,26H,1-3,7-9,12-17H2,(H,24,25). The van der Waals surface area contributed by atoms with Gasteiger partial charge < -0.3 is 0 Å². The molecule has 2 aliphatic rings. The van der Waals surface area contributed by atoms with E-state index in [1.54, 1.807) is 0 Å². The summed E-state index contributed by atoms with van der Waals surface area (Å²) in [6, 6.07) is 10.3. The van der Waals surface area contributed by atoms with Crippen LogP contribution in [0.5, 0.6) is 0 Å². The smallest absolute Gasteiger partial charge is 0.247 e. The normalized spacial score (nSPS) is 28.6. The topological polar surface area (TPSA) is 49.3 Å². The zero-order chi connectivity index (χ0) is 18.2. The van der Waals surface area contributed by atoms with Gasteiger partial charge in [0.2, 0.25) is 5.91 Å². The van der Waals surface area contributed by atoms with Gasteiger partial charge in [0, 0.05) is 5.92 Å². The number of fused-ring (bicyclic) bond motifs is 1. The van der Waals surface area contributed by atoms with E-state index >= 15 is 0 Å². The van der Waals surface area contributed by atoms with Crippen LogP contribution in [0.2, 0.25) is 0 Å². The highest BCUT2D eigenvalue weighted by atomic mass is 16.5. The van der Waals surface area contributed by atoms with Gasteiger partial charge in [-0.25, -0.2) is 5.48 Å². The molecule has 1 aromatic rings. The van der Waals surface area contributed by atoms with Crippen molar-refractivity contribution in [1.29, 1.82) is 0 Å². The Labute approximate surface area is 158 Å². The maximum absolute atomic E-state index is 12.5. The van der Waals surface area contributed by atoms with Crippen LogP contribution >= 0.6 is 0 Å². The quantitative estimate of drug-likeness (QED) is 0.551. The molecule has 2 saturated carbocycles. The average molecular weight is 358 g/mol. The van der Waals surface area contributed by atoms with E-state index in [0.29, 0.717) is 5.92 Å². The first-order valence-electron chi connectivity index (χ1n) is 10.8. The zero-order valence-corrected chi connectivity index (χ0v) is 16.0. The molecule has 0 bridgehead atoms. The second-order valence-corrected chi connectivity index (χ2v) is 8.56. The summed E-state index contributed by atoms with van der Waals surface area (Å²) in [6.45, 7) is 0. The van der Waals surface area contributed by atoms with Crippen molar-refractivity contribution in [3.05, 3.63) is 35.9 Å². The van der Waals surface area contributed by atoms with E-state index in [1.165, 1.54) is 63.4 Å². The summed E-state index contributed by atoms with van der Waals surface area (Å²) in [7, 11) is 0. The van der Waals surface area contributed by atoms with Crippen molar-refractivity contribution in [3.63, 3.8) is 0 Å². The van der Waals surface area contributed by atoms with Crippen molar-refractivity contribution in [2.24, 2.45) is 23.7 Å². The van der Waals surface area contributed by atoms with Crippen LogP contribution in [-0.2, 0) is 11.2 Å². The molecule has 3 heteroatoms. The molecule has 2 aliphatic carbocycles. The molecule has 2 fully saturated rings. The number of nitrogens with one attached hydrogen (secondary N) is 1. The molecule has 4 atom stereocenters. The van der Waals surface area contributed by atoms with Gasteiger partial charge in [-0.15, -0.1) is 0 Å². The van der Waals surface area contributed by atoms with Gasteiger partial charge in [0.25, 0.3) is 0 Å². The highest BCUT2D eigenvalue weighted by Crippen LogP contribution is 2.42. The van der Waals surface area contributed by atoms with Gasteiger partial charge in [-0.2, -0.15) is 0 Å². The second kappa shape index (κ2) is 10.1. The molecule has 1 aromatic carbocycles. The zero-order valence-electron chi connectivity index (χ0n) is 16.0. The minimum absolute atomic E-state index is 0.117. The third-order valence-electron chi connectivity index (χ3n) is 6.89. The molecule has 3 rings (SSSR count). The number of hydrogen-bond donors (Lipinski definition) is 2. The fraction of sp³-hybridized carbons (Fsp3) is 0.696. The minimum Gasteiger partial charge on any atom is -0.289 e. The number of carbonyl (C=O) groups is 1. The summed E-state index contributed by atoms with van der Waals surface area (Å²) in [5.41, 5.74) is 3.16. The predicted octanol–water partition coefficient (Wildman–Crippen LogP) is 5.52. The Hall–Kier alpha value is -1.35. The average Bonchev–Trinajstić information content (AvgIpc) is 2.80. The first-order valence-corrected chi connectivity index (χ1v) is 10.8. The Kier molecular flexibility index (Phi) is 7.55. The lowest BCUT2D eigenvalue weighted by Crippen LogP contribution is -2.35. The largest absolute Gasteiger partial charge is 0.289 e. The summed E-state index contributed by atoms with van der Waals surface area (Å²) in [5, 5.41) is 9.34. The van der Waals surface area contributed by atoms with E-state index in [9.17, 15) is 10.0 Å². The number of rotatable bonds is 4. The highest BCUT2D eigenvalue weighted by Gasteiger charge is 2.35. The van der Waals surface area contributed by atoms with Crippen LogP contribution in [0.3, 0.4) is 0 Å². The van der Waals surface area contributed by atoms with Crippen molar-refractivity contribution < 1.29 is 10.0 Å². The van der Waals surface area contributed by atoms with Gasteiger partial charge in [-0.3, -0.25) is 10.0 Å².